The molecule has 0 spiro atoms. The Bertz CT molecular complexity index is 322. The van der Waals surface area contributed by atoms with Gasteiger partial charge < -0.3 is 10.6 Å². The van der Waals surface area contributed by atoms with E-state index < -0.39 is 0 Å². The van der Waals surface area contributed by atoms with Crippen molar-refractivity contribution in [3.63, 3.8) is 0 Å². The molecule has 0 unspecified atom stereocenters. The van der Waals surface area contributed by atoms with Gasteiger partial charge in [-0.3, -0.25) is 9.78 Å². The average Bonchev–Trinajstić information content (AvgIpc) is 2.34. The number of halogens is 2. The van der Waals surface area contributed by atoms with Crippen LogP contribution in [0.15, 0.2) is 24.5 Å². The highest BCUT2D eigenvalue weighted by Crippen LogP contribution is 2.01. The van der Waals surface area contributed by atoms with Gasteiger partial charge in [-0.15, -0.1) is 24.8 Å². The van der Waals surface area contributed by atoms with Gasteiger partial charge in [-0.25, -0.2) is 0 Å². The van der Waals surface area contributed by atoms with Crippen molar-refractivity contribution in [2.45, 2.75) is 19.3 Å². The van der Waals surface area contributed by atoms with Crippen molar-refractivity contribution in [1.29, 1.82) is 0 Å². The largest absolute Gasteiger partial charge is 0.345 e. The molecular weight excluding hydrogens is 273 g/mol. The van der Waals surface area contributed by atoms with E-state index in [-0.39, 0.29) is 30.7 Å². The first kappa shape index (κ1) is 19.5. The molecule has 0 saturated heterocycles. The zero-order valence-corrected chi connectivity index (χ0v) is 12.2. The topological polar surface area (TPSA) is 59.2 Å². The smallest absolute Gasteiger partial charge is 0.222 e. The Morgan fingerprint density at radius 2 is 1.94 bits per heavy atom. The summed E-state index contributed by atoms with van der Waals surface area (Å²) >= 11 is 0. The Labute approximate surface area is 121 Å². The molecule has 0 radical (unpaired) electrons. The quantitative estimate of drug-likeness (QED) is 0.868. The van der Waals surface area contributed by atoms with Crippen molar-refractivity contribution < 1.29 is 4.79 Å². The predicted molar refractivity (Wildman–Crippen MR) is 78.4 cm³/mol. The molecular formula is C12H21Cl2N3O. The van der Waals surface area contributed by atoms with Crippen LogP contribution in [0.4, 0.5) is 0 Å². The fourth-order valence-corrected chi connectivity index (χ4v) is 1.42. The van der Waals surface area contributed by atoms with Gasteiger partial charge in [0.05, 0.1) is 0 Å². The number of amides is 1. The summed E-state index contributed by atoms with van der Waals surface area (Å²) in [6, 6.07) is 3.94. The van der Waals surface area contributed by atoms with Crippen LogP contribution in [0.5, 0.6) is 0 Å². The zero-order chi connectivity index (χ0) is 11.8. The monoisotopic (exact) mass is 293 g/mol. The zero-order valence-electron chi connectivity index (χ0n) is 10.5. The maximum Gasteiger partial charge on any atom is 0.222 e. The maximum atomic E-state index is 11.6. The summed E-state index contributed by atoms with van der Waals surface area (Å²) < 4.78 is 0. The number of hydrogen-bond acceptors (Lipinski definition) is 3. The van der Waals surface area contributed by atoms with Crippen LogP contribution in [0.25, 0.3) is 0 Å². The van der Waals surface area contributed by atoms with Crippen molar-refractivity contribution in [3.05, 3.63) is 30.1 Å². The molecule has 0 fully saturated rings. The van der Waals surface area contributed by atoms with E-state index in [0.29, 0.717) is 13.0 Å². The molecule has 1 heterocycles. The molecule has 0 aliphatic carbocycles. The fourth-order valence-electron chi connectivity index (χ4n) is 1.42. The van der Waals surface area contributed by atoms with Gasteiger partial charge in [0.1, 0.15) is 0 Å². The Hall–Kier alpha value is -0.840. The molecule has 2 N–H and O–H groups in total. The van der Waals surface area contributed by atoms with Crippen molar-refractivity contribution >= 4 is 30.7 Å². The molecule has 0 aliphatic heterocycles. The van der Waals surface area contributed by atoms with Crippen LogP contribution in [0.2, 0.25) is 0 Å². The molecule has 6 heteroatoms. The van der Waals surface area contributed by atoms with E-state index >= 15 is 0 Å². The third-order valence-corrected chi connectivity index (χ3v) is 2.51. The van der Waals surface area contributed by atoms with Gasteiger partial charge >= 0.3 is 0 Å². The van der Waals surface area contributed by atoms with Crippen LogP contribution in [-0.4, -0.2) is 35.9 Å². The highest BCUT2D eigenvalue weighted by Gasteiger charge is 2.07. The summed E-state index contributed by atoms with van der Waals surface area (Å²) in [4.78, 5) is 17.3. The van der Waals surface area contributed by atoms with Crippen molar-refractivity contribution in [1.82, 2.24) is 9.88 Å². The Morgan fingerprint density at radius 3 is 2.50 bits per heavy atom. The van der Waals surface area contributed by atoms with Gasteiger partial charge in [0, 0.05) is 32.4 Å². The van der Waals surface area contributed by atoms with Gasteiger partial charge in [0.15, 0.2) is 0 Å². The lowest BCUT2D eigenvalue weighted by Gasteiger charge is -2.16. The second kappa shape index (κ2) is 11.3. The van der Waals surface area contributed by atoms with Crippen LogP contribution >= 0.6 is 24.8 Å². The third-order valence-electron chi connectivity index (χ3n) is 2.51. The van der Waals surface area contributed by atoms with Crippen LogP contribution in [0.3, 0.4) is 0 Å². The van der Waals surface area contributed by atoms with Crippen molar-refractivity contribution in [2.24, 2.45) is 5.73 Å². The van der Waals surface area contributed by atoms with Crippen molar-refractivity contribution in [3.8, 4) is 0 Å². The molecule has 0 bridgehead atoms. The fraction of sp³-hybridized carbons (Fsp3) is 0.500. The number of rotatable bonds is 6. The Balaban J connectivity index is 0. The molecule has 18 heavy (non-hydrogen) atoms. The number of pyridine rings is 1. The highest BCUT2D eigenvalue weighted by atomic mass is 35.5. The van der Waals surface area contributed by atoms with E-state index in [1.165, 1.54) is 5.56 Å². The lowest BCUT2D eigenvalue weighted by Crippen LogP contribution is -2.29. The molecule has 104 valence electrons. The van der Waals surface area contributed by atoms with E-state index in [1.54, 1.807) is 17.3 Å². The SMILES string of the molecule is CN(CCc1ccncc1)C(=O)CCCN.Cl.Cl. The number of likely N-dealkylation sites (N-methyl/N-ethyl adjacent to an activating group) is 1. The second-order valence-corrected chi connectivity index (χ2v) is 3.81. The number of hydrogen-bond donors (Lipinski definition) is 1. The van der Waals surface area contributed by atoms with Crippen LogP contribution in [0, 0.1) is 0 Å². The second-order valence-electron chi connectivity index (χ2n) is 3.81. The standard InChI is InChI=1S/C12H19N3O.2ClH/c1-15(12(16)3-2-7-13)10-6-11-4-8-14-9-5-11;;/h4-5,8-9H,2-3,6-7,10,13H2,1H3;2*1H. The molecule has 0 atom stereocenters. The van der Waals surface area contributed by atoms with Crippen molar-refractivity contribution in [2.75, 3.05) is 20.1 Å². The molecule has 1 rings (SSSR count). The van der Waals surface area contributed by atoms with E-state index in [0.717, 1.165) is 19.4 Å². The summed E-state index contributed by atoms with van der Waals surface area (Å²) in [6.07, 6.45) is 5.71. The lowest BCUT2D eigenvalue weighted by molar-refractivity contribution is -0.129. The Morgan fingerprint density at radius 1 is 1.33 bits per heavy atom. The number of aromatic nitrogens is 1. The minimum atomic E-state index is 0. The average molecular weight is 294 g/mol. The summed E-state index contributed by atoms with van der Waals surface area (Å²) in [5.74, 6) is 0.166. The van der Waals surface area contributed by atoms with Crippen LogP contribution in [-0.2, 0) is 11.2 Å². The highest BCUT2D eigenvalue weighted by molar-refractivity contribution is 5.85. The summed E-state index contributed by atoms with van der Waals surface area (Å²) in [6.45, 7) is 1.32. The first-order chi connectivity index (χ1) is 7.74. The van der Waals surface area contributed by atoms with E-state index in [4.69, 9.17) is 5.73 Å². The van der Waals surface area contributed by atoms with Gasteiger partial charge in [-0.1, -0.05) is 0 Å². The maximum absolute atomic E-state index is 11.6. The number of carbonyl (C=O) groups is 1. The first-order valence-corrected chi connectivity index (χ1v) is 5.57. The third kappa shape index (κ3) is 7.48. The molecule has 1 amide bonds. The van der Waals surface area contributed by atoms with Gasteiger partial charge in [-0.2, -0.15) is 0 Å². The van der Waals surface area contributed by atoms with Gasteiger partial charge in [0.2, 0.25) is 5.91 Å². The molecule has 0 aliphatic rings. The Kier molecular flexibility index (Phi) is 12.2. The molecule has 0 aromatic carbocycles. The summed E-state index contributed by atoms with van der Waals surface area (Å²) in [7, 11) is 1.83. The van der Waals surface area contributed by atoms with Crippen LogP contribution < -0.4 is 5.73 Å². The van der Waals surface area contributed by atoms with E-state index in [2.05, 4.69) is 4.98 Å². The van der Waals surface area contributed by atoms with Crippen LogP contribution in [0.1, 0.15) is 18.4 Å². The minimum absolute atomic E-state index is 0. The minimum Gasteiger partial charge on any atom is -0.345 e. The number of nitrogens with zero attached hydrogens (tertiary/aromatic N) is 2. The molecule has 1 aromatic heterocycles. The lowest BCUT2D eigenvalue weighted by atomic mass is 10.2. The first-order valence-electron chi connectivity index (χ1n) is 5.57. The van der Waals surface area contributed by atoms with Gasteiger partial charge in [0.25, 0.3) is 0 Å². The normalized spacial score (nSPS) is 9.00. The predicted octanol–water partition coefficient (Wildman–Crippen LogP) is 1.67. The van der Waals surface area contributed by atoms with Gasteiger partial charge in [-0.05, 0) is 37.1 Å². The number of nitrogens with two attached hydrogens (primary N) is 1. The van der Waals surface area contributed by atoms with E-state index in [9.17, 15) is 4.79 Å². The molecule has 0 saturated carbocycles. The summed E-state index contributed by atoms with van der Waals surface area (Å²) in [5.41, 5.74) is 6.57. The summed E-state index contributed by atoms with van der Waals surface area (Å²) in [5, 5.41) is 0. The van der Waals surface area contributed by atoms with E-state index in [1.807, 2.05) is 19.2 Å². The molecule has 4 nitrogen and oxygen atoms in total. The number of carbonyl (C=O) groups excluding carboxylic acids is 1. The molecule has 1 aromatic rings.